The van der Waals surface area contributed by atoms with Crippen molar-refractivity contribution in [2.45, 2.75) is 57.7 Å². The number of halogens is 1. The SMILES string of the molecule is Cc1cc(OCc2nnc(SCC(=O)Nc3sc4c(c3C#N)CCCCC4)n2C)cc(C)c1Cl. The summed E-state index contributed by atoms with van der Waals surface area (Å²) in [6, 6.07) is 6.09. The number of anilines is 1. The molecule has 0 spiro atoms. The number of carbonyl (C=O) groups excluding carboxylic acids is 1. The molecule has 10 heteroatoms. The number of rotatable bonds is 7. The Morgan fingerprint density at radius 1 is 1.26 bits per heavy atom. The van der Waals surface area contributed by atoms with Crippen LogP contribution in [0.4, 0.5) is 5.00 Å². The van der Waals surface area contributed by atoms with Crippen LogP contribution >= 0.6 is 34.7 Å². The normalized spacial score (nSPS) is 13.1. The van der Waals surface area contributed by atoms with Crippen LogP contribution in [0.3, 0.4) is 0 Å². The number of amides is 1. The van der Waals surface area contributed by atoms with Crippen LogP contribution in [0.5, 0.6) is 5.75 Å². The lowest BCUT2D eigenvalue weighted by Gasteiger charge is -2.10. The number of nitrogens with zero attached hydrogens (tertiary/aromatic N) is 4. The molecule has 4 rings (SSSR count). The average Bonchev–Trinajstić information content (AvgIpc) is 3.23. The van der Waals surface area contributed by atoms with Crippen molar-refractivity contribution in [2.24, 2.45) is 7.05 Å². The Balaban J connectivity index is 1.35. The largest absolute Gasteiger partial charge is 0.486 e. The van der Waals surface area contributed by atoms with Gasteiger partial charge in [-0.1, -0.05) is 29.8 Å². The first-order chi connectivity index (χ1) is 16.4. The summed E-state index contributed by atoms with van der Waals surface area (Å²) < 4.78 is 7.70. The lowest BCUT2D eigenvalue weighted by atomic mass is 10.1. The maximum atomic E-state index is 12.6. The molecule has 0 saturated heterocycles. The van der Waals surface area contributed by atoms with Crippen molar-refractivity contribution in [3.63, 3.8) is 0 Å². The molecule has 0 bridgehead atoms. The highest BCUT2D eigenvalue weighted by Gasteiger charge is 2.21. The molecule has 0 atom stereocenters. The highest BCUT2D eigenvalue weighted by molar-refractivity contribution is 7.99. The van der Waals surface area contributed by atoms with E-state index in [-0.39, 0.29) is 18.3 Å². The Labute approximate surface area is 212 Å². The molecule has 1 N–H and O–H groups in total. The predicted octanol–water partition coefficient (Wildman–Crippen LogP) is 5.60. The zero-order chi connectivity index (χ0) is 24.2. The zero-order valence-corrected chi connectivity index (χ0v) is 21.8. The van der Waals surface area contributed by atoms with Crippen molar-refractivity contribution >= 4 is 45.6 Å². The van der Waals surface area contributed by atoms with Gasteiger partial charge in [-0.05, 0) is 68.4 Å². The maximum Gasteiger partial charge on any atom is 0.235 e. The lowest BCUT2D eigenvalue weighted by Crippen LogP contribution is -2.14. The number of thiophene rings is 1. The van der Waals surface area contributed by atoms with Crippen LogP contribution in [0.15, 0.2) is 17.3 Å². The molecule has 1 aromatic carbocycles. The fraction of sp³-hybridized carbons (Fsp3) is 0.417. The third-order valence-corrected chi connectivity index (χ3v) is 8.65. The van der Waals surface area contributed by atoms with E-state index in [2.05, 4.69) is 21.6 Å². The molecule has 0 fully saturated rings. The fourth-order valence-corrected chi connectivity index (χ4v) is 6.07. The summed E-state index contributed by atoms with van der Waals surface area (Å²) in [6.45, 7) is 4.14. The number of hydrogen-bond acceptors (Lipinski definition) is 7. The third kappa shape index (κ3) is 5.40. The van der Waals surface area contributed by atoms with Crippen LogP contribution in [0, 0.1) is 25.2 Å². The van der Waals surface area contributed by atoms with Crippen molar-refractivity contribution in [3.8, 4) is 11.8 Å². The number of ether oxygens (including phenoxy) is 1. The molecule has 0 radical (unpaired) electrons. The Kier molecular flexibility index (Phi) is 7.81. The summed E-state index contributed by atoms with van der Waals surface area (Å²) in [5.41, 5.74) is 3.67. The standard InChI is InChI=1S/C24H26ClN5O2S2/c1-14-9-16(10-15(2)22(14)25)32-12-20-28-29-24(30(20)3)33-13-21(31)27-23-18(11-26)17-7-5-4-6-8-19(17)34-23/h9-10H,4-8,12-13H2,1-3H3,(H,27,31). The first kappa shape index (κ1) is 24.6. The van der Waals surface area contributed by atoms with Crippen molar-refractivity contribution in [2.75, 3.05) is 11.1 Å². The van der Waals surface area contributed by atoms with E-state index >= 15 is 0 Å². The van der Waals surface area contributed by atoms with Crippen LogP contribution in [-0.4, -0.2) is 26.4 Å². The van der Waals surface area contributed by atoms with Gasteiger partial charge in [0.25, 0.3) is 0 Å². The van der Waals surface area contributed by atoms with Gasteiger partial charge in [0, 0.05) is 16.9 Å². The van der Waals surface area contributed by atoms with E-state index in [1.165, 1.54) is 23.1 Å². The number of fused-ring (bicyclic) bond motifs is 1. The van der Waals surface area contributed by atoms with Crippen LogP contribution in [0.2, 0.25) is 5.02 Å². The van der Waals surface area contributed by atoms with Gasteiger partial charge in [-0.2, -0.15) is 5.26 Å². The fourth-order valence-electron chi connectivity index (χ4n) is 3.98. The number of aryl methyl sites for hydroxylation is 3. The van der Waals surface area contributed by atoms with Gasteiger partial charge in [-0.15, -0.1) is 21.5 Å². The molecule has 0 saturated carbocycles. The van der Waals surface area contributed by atoms with E-state index in [4.69, 9.17) is 16.3 Å². The van der Waals surface area contributed by atoms with E-state index in [0.29, 0.717) is 21.5 Å². The Morgan fingerprint density at radius 3 is 2.74 bits per heavy atom. The zero-order valence-electron chi connectivity index (χ0n) is 19.4. The second-order valence-corrected chi connectivity index (χ2v) is 10.8. The van der Waals surface area contributed by atoms with E-state index in [9.17, 15) is 10.1 Å². The lowest BCUT2D eigenvalue weighted by molar-refractivity contribution is -0.113. The van der Waals surface area contributed by atoms with Crippen LogP contribution in [0.1, 0.15) is 52.2 Å². The van der Waals surface area contributed by atoms with Gasteiger partial charge in [0.15, 0.2) is 11.0 Å². The second-order valence-electron chi connectivity index (χ2n) is 8.33. The van der Waals surface area contributed by atoms with Gasteiger partial charge in [0.2, 0.25) is 5.91 Å². The van der Waals surface area contributed by atoms with Crippen LogP contribution in [-0.2, 0) is 31.3 Å². The highest BCUT2D eigenvalue weighted by Crippen LogP contribution is 2.37. The molecular weight excluding hydrogens is 490 g/mol. The number of benzene rings is 1. The van der Waals surface area contributed by atoms with E-state index in [1.54, 1.807) is 11.3 Å². The number of nitrogens with one attached hydrogen (secondary N) is 1. The number of carbonyl (C=O) groups is 1. The molecular formula is C24H26ClN5O2S2. The molecule has 1 aliphatic rings. The molecule has 2 heterocycles. The topological polar surface area (TPSA) is 92.8 Å². The van der Waals surface area contributed by atoms with Gasteiger partial charge >= 0.3 is 0 Å². The van der Waals surface area contributed by atoms with E-state index < -0.39 is 0 Å². The second kappa shape index (κ2) is 10.8. The first-order valence-electron chi connectivity index (χ1n) is 11.1. The predicted molar refractivity (Wildman–Crippen MR) is 136 cm³/mol. The third-order valence-electron chi connectivity index (χ3n) is 5.82. The van der Waals surface area contributed by atoms with Crippen LogP contribution in [0.25, 0.3) is 0 Å². The van der Waals surface area contributed by atoms with Gasteiger partial charge in [-0.25, -0.2) is 0 Å². The summed E-state index contributed by atoms with van der Waals surface area (Å²) in [5.74, 6) is 1.39. The minimum atomic E-state index is -0.161. The summed E-state index contributed by atoms with van der Waals surface area (Å²) in [6.07, 6.45) is 5.32. The van der Waals surface area contributed by atoms with E-state index in [1.807, 2.05) is 37.6 Å². The minimum absolute atomic E-state index is 0.161. The quantitative estimate of drug-likeness (QED) is 0.325. The Bertz CT molecular complexity index is 1240. The smallest absolute Gasteiger partial charge is 0.235 e. The number of nitriles is 1. The summed E-state index contributed by atoms with van der Waals surface area (Å²) in [7, 11) is 1.85. The van der Waals surface area contributed by atoms with Crippen LogP contribution < -0.4 is 10.1 Å². The van der Waals surface area contributed by atoms with Gasteiger partial charge in [-0.3, -0.25) is 4.79 Å². The van der Waals surface area contributed by atoms with Crippen molar-refractivity contribution in [1.82, 2.24) is 14.8 Å². The van der Waals surface area contributed by atoms with Gasteiger partial charge < -0.3 is 14.6 Å². The van der Waals surface area contributed by atoms with E-state index in [0.717, 1.165) is 53.1 Å². The summed E-state index contributed by atoms with van der Waals surface area (Å²) >= 11 is 9.07. The summed E-state index contributed by atoms with van der Waals surface area (Å²) in [5, 5.41) is 23.0. The molecule has 34 heavy (non-hydrogen) atoms. The molecule has 1 amide bonds. The highest BCUT2D eigenvalue weighted by atomic mass is 35.5. The molecule has 0 unspecified atom stereocenters. The number of aromatic nitrogens is 3. The van der Waals surface area contributed by atoms with Crippen molar-refractivity contribution in [3.05, 3.63) is 50.1 Å². The van der Waals surface area contributed by atoms with Gasteiger partial charge in [0.05, 0.1) is 11.3 Å². The monoisotopic (exact) mass is 515 g/mol. The maximum absolute atomic E-state index is 12.6. The summed E-state index contributed by atoms with van der Waals surface area (Å²) in [4.78, 5) is 13.9. The van der Waals surface area contributed by atoms with Gasteiger partial charge in [0.1, 0.15) is 23.4 Å². The average molecular weight is 516 g/mol. The van der Waals surface area contributed by atoms with Crippen molar-refractivity contribution in [1.29, 1.82) is 5.26 Å². The molecule has 1 aliphatic carbocycles. The minimum Gasteiger partial charge on any atom is -0.486 e. The first-order valence-corrected chi connectivity index (χ1v) is 13.3. The Morgan fingerprint density at radius 2 is 2.00 bits per heavy atom. The number of hydrogen-bond donors (Lipinski definition) is 1. The molecule has 3 aromatic rings. The Hall–Kier alpha value is -2.54. The molecule has 178 valence electrons. The molecule has 7 nitrogen and oxygen atoms in total. The number of thioether (sulfide) groups is 1. The van der Waals surface area contributed by atoms with Crippen molar-refractivity contribution < 1.29 is 9.53 Å². The molecule has 2 aromatic heterocycles. The molecule has 0 aliphatic heterocycles.